The quantitative estimate of drug-likeness (QED) is 0.702. The van der Waals surface area contributed by atoms with Crippen molar-refractivity contribution in [1.29, 1.82) is 0 Å². The Morgan fingerprint density at radius 3 is 2.79 bits per heavy atom. The van der Waals surface area contributed by atoms with Crippen molar-refractivity contribution in [2.45, 2.75) is 38.1 Å². The van der Waals surface area contributed by atoms with Crippen LogP contribution in [0.4, 0.5) is 0 Å². The predicted octanol–water partition coefficient (Wildman–Crippen LogP) is 2.79. The van der Waals surface area contributed by atoms with Crippen LogP contribution in [-0.4, -0.2) is 66.1 Å². The SMILES string of the molecule is COc1ccc(CCC(=O)N2CCC[C@H](c3nccn3CCN(C)C)C2)cc1. The van der Waals surface area contributed by atoms with Crippen LogP contribution >= 0.6 is 0 Å². The Balaban J connectivity index is 1.55. The van der Waals surface area contributed by atoms with Gasteiger partial charge in [0.1, 0.15) is 11.6 Å². The molecule has 3 rings (SSSR count). The molecule has 0 N–H and O–H groups in total. The van der Waals surface area contributed by atoms with E-state index in [-0.39, 0.29) is 5.91 Å². The molecular formula is C22H32N4O2. The smallest absolute Gasteiger partial charge is 0.222 e. The normalized spacial score (nSPS) is 17.1. The molecule has 6 nitrogen and oxygen atoms in total. The number of likely N-dealkylation sites (tertiary alicyclic amines) is 1. The Bertz CT molecular complexity index is 754. The van der Waals surface area contributed by atoms with E-state index in [1.165, 1.54) is 5.56 Å². The van der Waals surface area contributed by atoms with Gasteiger partial charge in [0, 0.05) is 50.9 Å². The molecule has 0 bridgehead atoms. The van der Waals surface area contributed by atoms with Crippen LogP contribution in [0.2, 0.25) is 0 Å². The summed E-state index contributed by atoms with van der Waals surface area (Å²) in [6, 6.07) is 7.97. The average molecular weight is 385 g/mol. The number of imidazole rings is 1. The standard InChI is InChI=1S/C22H32N4O2/c1-24(2)15-16-25-14-12-23-22(25)19-5-4-13-26(17-19)21(27)11-8-18-6-9-20(28-3)10-7-18/h6-7,9-10,12,14,19H,4-5,8,11,13,15-17H2,1-3H3/t19-/m0/s1. The monoisotopic (exact) mass is 384 g/mol. The molecule has 0 saturated carbocycles. The van der Waals surface area contributed by atoms with Gasteiger partial charge in [-0.1, -0.05) is 12.1 Å². The Hall–Kier alpha value is -2.34. The molecule has 1 amide bonds. The van der Waals surface area contributed by atoms with E-state index in [1.54, 1.807) is 7.11 Å². The highest BCUT2D eigenvalue weighted by Crippen LogP contribution is 2.26. The molecule has 0 radical (unpaired) electrons. The third-order valence-corrected chi connectivity index (χ3v) is 5.46. The van der Waals surface area contributed by atoms with Gasteiger partial charge in [0.15, 0.2) is 0 Å². The topological polar surface area (TPSA) is 50.6 Å². The maximum Gasteiger partial charge on any atom is 0.222 e. The van der Waals surface area contributed by atoms with Crippen LogP contribution < -0.4 is 4.74 Å². The first-order valence-electron chi connectivity index (χ1n) is 10.1. The Kier molecular flexibility index (Phi) is 7.09. The average Bonchev–Trinajstić information content (AvgIpc) is 3.19. The molecule has 1 aromatic heterocycles. The highest BCUT2D eigenvalue weighted by Gasteiger charge is 2.27. The molecule has 1 fully saturated rings. The lowest BCUT2D eigenvalue weighted by Crippen LogP contribution is -2.40. The minimum Gasteiger partial charge on any atom is -0.497 e. The molecule has 2 aromatic rings. The van der Waals surface area contributed by atoms with Gasteiger partial charge in [0.25, 0.3) is 0 Å². The van der Waals surface area contributed by atoms with Crippen LogP contribution in [0.1, 0.15) is 36.6 Å². The van der Waals surface area contributed by atoms with Gasteiger partial charge in [0.05, 0.1) is 7.11 Å². The third-order valence-electron chi connectivity index (χ3n) is 5.46. The number of hydrogen-bond acceptors (Lipinski definition) is 4. The van der Waals surface area contributed by atoms with Crippen molar-refractivity contribution in [1.82, 2.24) is 19.4 Å². The lowest BCUT2D eigenvalue weighted by molar-refractivity contribution is -0.132. The summed E-state index contributed by atoms with van der Waals surface area (Å²) in [4.78, 5) is 21.6. The number of piperidine rings is 1. The second-order valence-electron chi connectivity index (χ2n) is 7.81. The molecule has 0 unspecified atom stereocenters. The third kappa shape index (κ3) is 5.35. The number of aromatic nitrogens is 2. The van der Waals surface area contributed by atoms with E-state index in [4.69, 9.17) is 4.74 Å². The van der Waals surface area contributed by atoms with Gasteiger partial charge >= 0.3 is 0 Å². The highest BCUT2D eigenvalue weighted by atomic mass is 16.5. The number of amides is 1. The summed E-state index contributed by atoms with van der Waals surface area (Å²) < 4.78 is 7.44. The van der Waals surface area contributed by atoms with Crippen molar-refractivity contribution in [3.05, 3.63) is 48.0 Å². The molecule has 0 aliphatic carbocycles. The summed E-state index contributed by atoms with van der Waals surface area (Å²) in [5.41, 5.74) is 1.17. The van der Waals surface area contributed by atoms with Gasteiger partial charge in [-0.2, -0.15) is 0 Å². The fourth-order valence-corrected chi connectivity index (χ4v) is 3.79. The van der Waals surface area contributed by atoms with Gasteiger partial charge in [-0.25, -0.2) is 4.98 Å². The van der Waals surface area contributed by atoms with Crippen LogP contribution in [0, 0.1) is 0 Å². The number of rotatable bonds is 8. The Labute approximate surface area is 168 Å². The molecular weight excluding hydrogens is 352 g/mol. The van der Waals surface area contributed by atoms with Gasteiger partial charge in [0.2, 0.25) is 5.91 Å². The summed E-state index contributed by atoms with van der Waals surface area (Å²) in [6.45, 7) is 3.56. The maximum absolute atomic E-state index is 12.8. The molecule has 1 aliphatic heterocycles. The van der Waals surface area contributed by atoms with Crippen LogP contribution in [0.3, 0.4) is 0 Å². The molecule has 1 aromatic carbocycles. The van der Waals surface area contributed by atoms with E-state index >= 15 is 0 Å². The van der Waals surface area contributed by atoms with E-state index in [0.29, 0.717) is 12.3 Å². The van der Waals surface area contributed by atoms with Crippen molar-refractivity contribution in [2.24, 2.45) is 0 Å². The second kappa shape index (κ2) is 9.73. The minimum atomic E-state index is 0.243. The summed E-state index contributed by atoms with van der Waals surface area (Å²) in [5.74, 6) is 2.54. The number of likely N-dealkylation sites (N-methyl/N-ethyl adjacent to an activating group) is 1. The van der Waals surface area contributed by atoms with E-state index in [2.05, 4.69) is 34.7 Å². The zero-order valence-corrected chi connectivity index (χ0v) is 17.3. The van der Waals surface area contributed by atoms with Gasteiger partial charge in [-0.15, -0.1) is 0 Å². The van der Waals surface area contributed by atoms with Crippen LogP contribution in [-0.2, 0) is 17.8 Å². The van der Waals surface area contributed by atoms with Crippen LogP contribution in [0.5, 0.6) is 5.75 Å². The van der Waals surface area contributed by atoms with Crippen molar-refractivity contribution < 1.29 is 9.53 Å². The van der Waals surface area contributed by atoms with E-state index < -0.39 is 0 Å². The second-order valence-corrected chi connectivity index (χ2v) is 7.81. The molecule has 1 aliphatic rings. The Morgan fingerprint density at radius 1 is 1.29 bits per heavy atom. The fraction of sp³-hybridized carbons (Fsp3) is 0.545. The number of ether oxygens (including phenoxy) is 1. The number of carbonyl (C=O) groups excluding carboxylic acids is 1. The lowest BCUT2D eigenvalue weighted by Gasteiger charge is -2.33. The summed E-state index contributed by atoms with van der Waals surface area (Å²) in [7, 11) is 5.83. The molecule has 2 heterocycles. The van der Waals surface area contributed by atoms with Crippen molar-refractivity contribution in [3.8, 4) is 5.75 Å². The number of benzene rings is 1. The van der Waals surface area contributed by atoms with Crippen molar-refractivity contribution >= 4 is 5.91 Å². The first-order chi connectivity index (χ1) is 13.6. The summed E-state index contributed by atoms with van der Waals surface area (Å²) in [6.07, 6.45) is 7.40. The largest absolute Gasteiger partial charge is 0.497 e. The number of methoxy groups -OCH3 is 1. The molecule has 28 heavy (non-hydrogen) atoms. The highest BCUT2D eigenvalue weighted by molar-refractivity contribution is 5.76. The fourth-order valence-electron chi connectivity index (χ4n) is 3.79. The number of hydrogen-bond donors (Lipinski definition) is 0. The van der Waals surface area contributed by atoms with E-state index in [1.807, 2.05) is 35.4 Å². The zero-order valence-electron chi connectivity index (χ0n) is 17.3. The first kappa shape index (κ1) is 20.4. The minimum absolute atomic E-state index is 0.243. The van der Waals surface area contributed by atoms with Crippen molar-refractivity contribution in [3.63, 3.8) is 0 Å². The molecule has 152 valence electrons. The zero-order chi connectivity index (χ0) is 19.9. The number of carbonyl (C=O) groups is 1. The van der Waals surface area contributed by atoms with E-state index in [0.717, 1.165) is 57.0 Å². The van der Waals surface area contributed by atoms with Crippen molar-refractivity contribution in [2.75, 3.05) is 40.8 Å². The van der Waals surface area contributed by atoms with Gasteiger partial charge < -0.3 is 19.1 Å². The lowest BCUT2D eigenvalue weighted by atomic mass is 9.96. The number of nitrogens with zero attached hydrogens (tertiary/aromatic N) is 4. The molecule has 6 heteroatoms. The summed E-state index contributed by atoms with van der Waals surface area (Å²) >= 11 is 0. The molecule has 1 saturated heterocycles. The van der Waals surface area contributed by atoms with E-state index in [9.17, 15) is 4.79 Å². The van der Waals surface area contributed by atoms with Crippen LogP contribution in [0.15, 0.2) is 36.7 Å². The predicted molar refractivity (Wildman–Crippen MR) is 111 cm³/mol. The Morgan fingerprint density at radius 2 is 2.07 bits per heavy atom. The van der Waals surface area contributed by atoms with Gasteiger partial charge in [-0.3, -0.25) is 4.79 Å². The number of aryl methyl sites for hydroxylation is 1. The van der Waals surface area contributed by atoms with Gasteiger partial charge in [-0.05, 0) is 51.1 Å². The molecule has 0 spiro atoms. The maximum atomic E-state index is 12.8. The summed E-state index contributed by atoms with van der Waals surface area (Å²) in [5, 5.41) is 0. The van der Waals surface area contributed by atoms with Crippen LogP contribution in [0.25, 0.3) is 0 Å². The first-order valence-corrected chi connectivity index (χ1v) is 10.1. The molecule has 1 atom stereocenters.